The third-order valence-corrected chi connectivity index (χ3v) is 6.15. The summed E-state index contributed by atoms with van der Waals surface area (Å²) in [6, 6.07) is 4.43. The number of carbonyl (C=O) groups excluding carboxylic acids is 4. The molecule has 9 nitrogen and oxygen atoms in total. The van der Waals surface area contributed by atoms with Gasteiger partial charge in [0.25, 0.3) is 0 Å². The molecule has 0 aliphatic rings. The first kappa shape index (κ1) is 32.5. The van der Waals surface area contributed by atoms with Crippen LogP contribution in [0.5, 0.6) is 0 Å². The number of benzene rings is 1. The zero-order valence-corrected chi connectivity index (χ0v) is 23.8. The topological polar surface area (TPSA) is 131 Å². The Morgan fingerprint density at radius 3 is 2.24 bits per heavy atom. The van der Waals surface area contributed by atoms with Gasteiger partial charge in [0.15, 0.2) is 0 Å². The highest BCUT2D eigenvalue weighted by Crippen LogP contribution is 2.34. The lowest BCUT2D eigenvalue weighted by molar-refractivity contribution is -0.150. The number of nitrogens with one attached hydrogen (secondary N) is 2. The summed E-state index contributed by atoms with van der Waals surface area (Å²) in [5, 5.41) is 5.44. The number of terminal acetylenes is 1. The maximum atomic E-state index is 14.2. The second-order valence-corrected chi connectivity index (χ2v) is 10.9. The van der Waals surface area contributed by atoms with Crippen LogP contribution in [0.2, 0.25) is 0 Å². The number of nitrogens with zero attached hydrogens (tertiary/aromatic N) is 1. The van der Waals surface area contributed by atoms with Crippen LogP contribution in [0.25, 0.3) is 0 Å². The van der Waals surface area contributed by atoms with Crippen LogP contribution in [-0.4, -0.2) is 52.4 Å². The van der Waals surface area contributed by atoms with E-state index >= 15 is 0 Å². The smallest absolute Gasteiger partial charge is 0.408 e. The molecule has 38 heavy (non-hydrogen) atoms. The number of nitrogens with two attached hydrogens (primary N) is 1. The van der Waals surface area contributed by atoms with Crippen LogP contribution in [0.3, 0.4) is 0 Å². The zero-order chi connectivity index (χ0) is 29.1. The van der Waals surface area contributed by atoms with Crippen molar-refractivity contribution in [2.24, 2.45) is 5.73 Å². The maximum absolute atomic E-state index is 14.2. The summed E-state index contributed by atoms with van der Waals surface area (Å²) in [7, 11) is 0. The van der Waals surface area contributed by atoms with Crippen LogP contribution in [0.4, 0.5) is 4.79 Å². The molecule has 4 N–H and O–H groups in total. The van der Waals surface area contributed by atoms with Gasteiger partial charge in [-0.15, -0.1) is 6.42 Å². The molecule has 9 heteroatoms. The van der Waals surface area contributed by atoms with E-state index in [1.165, 1.54) is 4.90 Å². The monoisotopic (exact) mass is 528 g/mol. The summed E-state index contributed by atoms with van der Waals surface area (Å²) in [5.74, 6) is 0.755. The Kier molecular flexibility index (Phi) is 12.3. The molecule has 1 aromatic rings. The second kappa shape index (κ2) is 14.4. The average Bonchev–Trinajstić information content (AvgIpc) is 2.82. The molecule has 0 heterocycles. The minimum Gasteiger partial charge on any atom is -0.444 e. The molecular weight excluding hydrogens is 484 g/mol. The molecule has 2 atom stereocenters. The minimum atomic E-state index is -1.36. The number of hydrogen-bond donors (Lipinski definition) is 3. The van der Waals surface area contributed by atoms with Crippen LogP contribution in [0.1, 0.15) is 97.7 Å². The molecule has 2 unspecified atom stereocenters. The first-order chi connectivity index (χ1) is 17.7. The van der Waals surface area contributed by atoms with E-state index in [1.54, 1.807) is 45.0 Å². The predicted molar refractivity (Wildman–Crippen MR) is 148 cm³/mol. The van der Waals surface area contributed by atoms with Gasteiger partial charge in [-0.25, -0.2) is 4.79 Å². The minimum absolute atomic E-state index is 0.409. The van der Waals surface area contributed by atoms with Gasteiger partial charge in [0, 0.05) is 17.6 Å². The summed E-state index contributed by atoms with van der Waals surface area (Å²) < 4.78 is 5.32. The molecule has 1 rings (SSSR count). The van der Waals surface area contributed by atoms with E-state index in [2.05, 4.69) is 23.5 Å². The Bertz CT molecular complexity index is 1020. The third kappa shape index (κ3) is 9.73. The lowest BCUT2D eigenvalue weighted by Gasteiger charge is -2.44. The predicted octanol–water partition coefficient (Wildman–Crippen LogP) is 3.80. The standard InChI is InChI=1S/C29H44N4O5/c1-9-12-15-18-31-25(35)24(21-17-14-13-16-20(21)10-2)33(29(7,8)11-3)26(36)22(19-23(30)34)32-27(37)38-28(4,5)6/h2,13-14,16-17,22,24H,9,11-12,15,18-19H2,1,3-8H3,(H2,30,34)(H,31,35)(H,32,37). The fraction of sp³-hybridized carbons (Fsp3) is 0.586. The van der Waals surface area contributed by atoms with Gasteiger partial charge >= 0.3 is 6.09 Å². The molecule has 0 radical (unpaired) electrons. The molecular formula is C29H44N4O5. The lowest BCUT2D eigenvalue weighted by Crippen LogP contribution is -2.60. The summed E-state index contributed by atoms with van der Waals surface area (Å²) in [6.07, 6.45) is 7.59. The fourth-order valence-electron chi connectivity index (χ4n) is 3.91. The van der Waals surface area contributed by atoms with Crippen LogP contribution < -0.4 is 16.4 Å². The number of unbranched alkanes of at least 4 members (excludes halogenated alkanes) is 2. The molecule has 0 fully saturated rings. The molecule has 0 saturated heterocycles. The van der Waals surface area contributed by atoms with Gasteiger partial charge in [0.1, 0.15) is 17.7 Å². The van der Waals surface area contributed by atoms with Crippen molar-refractivity contribution in [2.75, 3.05) is 6.54 Å². The number of primary amides is 1. The van der Waals surface area contributed by atoms with Gasteiger partial charge in [0.05, 0.1) is 6.42 Å². The van der Waals surface area contributed by atoms with Crippen LogP contribution in [0, 0.1) is 12.3 Å². The molecule has 0 aromatic heterocycles. The Hall–Kier alpha value is -3.54. The van der Waals surface area contributed by atoms with Crippen molar-refractivity contribution in [2.45, 2.75) is 104 Å². The molecule has 0 spiro atoms. The summed E-state index contributed by atoms with van der Waals surface area (Å²) >= 11 is 0. The van der Waals surface area contributed by atoms with E-state index in [-0.39, 0.29) is 0 Å². The number of alkyl carbamates (subject to hydrolysis) is 1. The van der Waals surface area contributed by atoms with E-state index in [9.17, 15) is 19.2 Å². The van der Waals surface area contributed by atoms with Gasteiger partial charge in [-0.1, -0.05) is 50.8 Å². The maximum Gasteiger partial charge on any atom is 0.408 e. The Morgan fingerprint density at radius 2 is 1.71 bits per heavy atom. The Morgan fingerprint density at radius 1 is 1.08 bits per heavy atom. The molecule has 0 saturated carbocycles. The number of carbonyl (C=O) groups is 4. The lowest BCUT2D eigenvalue weighted by atomic mass is 9.90. The van der Waals surface area contributed by atoms with Crippen molar-refractivity contribution < 1.29 is 23.9 Å². The quantitative estimate of drug-likeness (QED) is 0.265. The highest BCUT2D eigenvalue weighted by molar-refractivity contribution is 5.95. The van der Waals surface area contributed by atoms with E-state index in [4.69, 9.17) is 16.9 Å². The SMILES string of the molecule is C#Cc1ccccc1C(C(=O)NCCCCC)N(C(=O)C(CC(N)=O)NC(=O)OC(C)(C)C)C(C)(C)CC. The highest BCUT2D eigenvalue weighted by Gasteiger charge is 2.44. The Balaban J connectivity index is 3.67. The largest absolute Gasteiger partial charge is 0.444 e. The van der Waals surface area contributed by atoms with Crippen LogP contribution in [-0.2, 0) is 19.1 Å². The van der Waals surface area contributed by atoms with Gasteiger partial charge in [-0.3, -0.25) is 14.4 Å². The number of hydrogen-bond acceptors (Lipinski definition) is 5. The average molecular weight is 529 g/mol. The van der Waals surface area contributed by atoms with Crippen LogP contribution in [0.15, 0.2) is 24.3 Å². The van der Waals surface area contributed by atoms with E-state index in [0.717, 1.165) is 19.3 Å². The van der Waals surface area contributed by atoms with Crippen molar-refractivity contribution in [3.8, 4) is 12.3 Å². The van der Waals surface area contributed by atoms with E-state index in [0.29, 0.717) is 24.1 Å². The first-order valence-electron chi connectivity index (χ1n) is 13.1. The molecule has 210 valence electrons. The summed E-state index contributed by atoms with van der Waals surface area (Å²) in [5.41, 5.74) is 4.66. The van der Waals surface area contributed by atoms with Crippen molar-refractivity contribution in [3.05, 3.63) is 35.4 Å². The van der Waals surface area contributed by atoms with Crippen molar-refractivity contribution >= 4 is 23.8 Å². The summed E-state index contributed by atoms with van der Waals surface area (Å²) in [6.45, 7) is 13.0. The normalized spacial score (nSPS) is 13.0. The van der Waals surface area contributed by atoms with Gasteiger partial charge in [0.2, 0.25) is 17.7 Å². The van der Waals surface area contributed by atoms with Gasteiger partial charge < -0.3 is 26.0 Å². The number of ether oxygens (including phenoxy) is 1. The highest BCUT2D eigenvalue weighted by atomic mass is 16.6. The second-order valence-electron chi connectivity index (χ2n) is 10.9. The number of amides is 4. The summed E-state index contributed by atoms with van der Waals surface area (Å²) in [4.78, 5) is 53.9. The molecule has 0 aliphatic carbocycles. The third-order valence-electron chi connectivity index (χ3n) is 6.15. The van der Waals surface area contributed by atoms with Crippen LogP contribution >= 0.6 is 0 Å². The zero-order valence-electron chi connectivity index (χ0n) is 23.8. The first-order valence-corrected chi connectivity index (χ1v) is 13.1. The number of rotatable bonds is 13. The van der Waals surface area contributed by atoms with Crippen molar-refractivity contribution in [3.63, 3.8) is 0 Å². The molecule has 4 amide bonds. The van der Waals surface area contributed by atoms with Gasteiger partial charge in [-0.2, -0.15) is 0 Å². The molecule has 1 aromatic carbocycles. The molecule has 0 aliphatic heterocycles. The molecule has 0 bridgehead atoms. The fourth-order valence-corrected chi connectivity index (χ4v) is 3.91. The Labute approximate surface area is 227 Å². The van der Waals surface area contributed by atoms with E-state index < -0.39 is 53.5 Å². The van der Waals surface area contributed by atoms with Crippen molar-refractivity contribution in [1.29, 1.82) is 0 Å². The van der Waals surface area contributed by atoms with E-state index in [1.807, 2.05) is 20.8 Å². The van der Waals surface area contributed by atoms with Gasteiger partial charge in [-0.05, 0) is 59.1 Å². The van der Waals surface area contributed by atoms with Crippen molar-refractivity contribution in [1.82, 2.24) is 15.5 Å².